The van der Waals surface area contributed by atoms with Crippen LogP contribution in [0, 0.1) is 0 Å². The number of carbonyl (C=O) groups excluding carboxylic acids is 3. The number of fused-ring (bicyclic) bond motifs is 2. The fraction of sp³-hybridized carbons (Fsp3) is 0.541. The van der Waals surface area contributed by atoms with E-state index in [9.17, 15) is 45.5 Å². The van der Waals surface area contributed by atoms with Crippen molar-refractivity contribution in [1.82, 2.24) is 28.9 Å². The van der Waals surface area contributed by atoms with E-state index in [0.29, 0.717) is 39.0 Å². The van der Waals surface area contributed by atoms with Crippen LogP contribution in [0.15, 0.2) is 90.0 Å². The average molecular weight is 1120 g/mol. The van der Waals surface area contributed by atoms with Gasteiger partial charge in [-0.3, -0.25) is 28.7 Å². The molecule has 0 saturated carbocycles. The minimum atomic E-state index is -4.55. The number of aliphatic hydroxyl groups excluding tert-OH is 1. The van der Waals surface area contributed by atoms with Gasteiger partial charge in [0.25, 0.3) is 0 Å². The molecule has 1 N–H and O–H groups in total. The van der Waals surface area contributed by atoms with Crippen molar-refractivity contribution >= 4 is 18.0 Å². The number of carbonyl (C=O) groups is 3. The lowest BCUT2D eigenvalue weighted by atomic mass is 9.99. The van der Waals surface area contributed by atoms with Crippen molar-refractivity contribution in [2.45, 2.75) is 186 Å². The Balaban J connectivity index is 0.000000250. The molecule has 1 fully saturated rings. The van der Waals surface area contributed by atoms with Crippen molar-refractivity contribution in [1.29, 1.82) is 0 Å². The third-order valence-electron chi connectivity index (χ3n) is 14.1. The van der Waals surface area contributed by atoms with Gasteiger partial charge in [0.05, 0.1) is 36.1 Å². The first-order chi connectivity index (χ1) is 37.8. The molecule has 0 bridgehead atoms. The summed E-state index contributed by atoms with van der Waals surface area (Å²) in [7, 11) is 1.00. The highest BCUT2D eigenvalue weighted by Crippen LogP contribution is 2.36. The van der Waals surface area contributed by atoms with Crippen LogP contribution in [0.4, 0.5) is 31.1 Å². The van der Waals surface area contributed by atoms with Crippen LogP contribution in [-0.4, -0.2) is 89.9 Å². The van der Waals surface area contributed by atoms with Crippen LogP contribution >= 0.6 is 0 Å². The number of rotatable bonds is 16. The molecule has 8 rings (SSSR count). The number of aryl methyl sites for hydroxylation is 7. The van der Waals surface area contributed by atoms with E-state index in [-0.39, 0.29) is 30.0 Å². The quantitative estimate of drug-likeness (QED) is 0.0579. The normalized spacial score (nSPS) is 15.7. The Hall–Kier alpha value is -6.50. The van der Waals surface area contributed by atoms with Crippen LogP contribution in [0.25, 0.3) is 0 Å². The lowest BCUT2D eigenvalue weighted by Crippen LogP contribution is -2.37. The van der Waals surface area contributed by atoms with Crippen molar-refractivity contribution in [2.24, 2.45) is 0 Å². The minimum Gasteiger partial charge on any atom is -0.460 e. The van der Waals surface area contributed by atoms with Gasteiger partial charge >= 0.3 is 36.0 Å². The molecule has 13 nitrogen and oxygen atoms in total. The third kappa shape index (κ3) is 18.3. The van der Waals surface area contributed by atoms with E-state index < -0.39 is 64.4 Å². The molecule has 2 unspecified atom stereocenters. The van der Waals surface area contributed by atoms with Gasteiger partial charge in [0.1, 0.15) is 11.2 Å². The van der Waals surface area contributed by atoms with Crippen molar-refractivity contribution in [2.75, 3.05) is 26.7 Å². The number of pyridine rings is 2. The first-order valence-corrected chi connectivity index (χ1v) is 27.8. The molecule has 1 saturated heterocycles. The lowest BCUT2D eigenvalue weighted by molar-refractivity contribution is -0.157. The molecule has 2 atom stereocenters. The number of hydrogen-bond donors (Lipinski definition) is 1. The number of urea groups is 1. The zero-order valence-corrected chi connectivity index (χ0v) is 47.2. The van der Waals surface area contributed by atoms with Gasteiger partial charge in [0.2, 0.25) is 0 Å². The maximum absolute atomic E-state index is 13.4. The first-order valence-electron chi connectivity index (χ1n) is 27.8. The molecular weight excluding hydrogens is 1040 g/mol. The smallest absolute Gasteiger partial charge is 0.416 e. The van der Waals surface area contributed by atoms with Crippen LogP contribution < -0.4 is 5.69 Å². The van der Waals surface area contributed by atoms with E-state index in [1.54, 1.807) is 52.6 Å². The van der Waals surface area contributed by atoms with Gasteiger partial charge in [-0.15, -0.1) is 0 Å². The summed E-state index contributed by atoms with van der Waals surface area (Å²) >= 11 is 0. The lowest BCUT2D eigenvalue weighted by Gasteiger charge is -2.29. The van der Waals surface area contributed by atoms with Gasteiger partial charge in [0.15, 0.2) is 0 Å². The molecular formula is C61H78F6N6O7. The standard InChI is InChI=1S/C30H38F3N3O3.C30H36F3N3O3.CH4O/c2*1-29(2,3)39-27(37)20-26(22-10-7-11-23(19-22)30(31,32)33)36-18-17-35(28(36)38)16-8-12-24-15-14-21-9-5-4-6-13-25(21)34-24;1-2/h7,10-11,14-15,19,26H,4-6,8-9,12-13,16-18,20H2,1-3H3;7,10-11,14-15,17-19,26H,4-6,8-9,12-13,16,20H2,1-3H3;2H,1H3. The first kappa shape index (κ1) is 62.7. The topological polar surface area (TPSA) is 149 Å². The van der Waals surface area contributed by atoms with E-state index in [4.69, 9.17) is 24.5 Å². The minimum absolute atomic E-state index is 0.213. The summed E-state index contributed by atoms with van der Waals surface area (Å²) in [6.45, 7) is 12.0. The second kappa shape index (κ2) is 27.8. The molecule has 80 heavy (non-hydrogen) atoms. The Labute approximate surface area is 465 Å². The van der Waals surface area contributed by atoms with Gasteiger partial charge in [-0.05, 0) is 177 Å². The molecule has 0 radical (unpaired) electrons. The molecule has 5 aromatic rings. The van der Waals surface area contributed by atoms with Gasteiger partial charge in [0, 0.05) is 68.5 Å². The number of aliphatic hydroxyl groups is 1. The molecule has 3 aromatic heterocycles. The van der Waals surface area contributed by atoms with E-state index in [0.717, 1.165) is 94.1 Å². The Morgan fingerprint density at radius 2 is 1.05 bits per heavy atom. The Morgan fingerprint density at radius 1 is 0.588 bits per heavy atom. The maximum atomic E-state index is 13.4. The number of nitrogens with zero attached hydrogens (tertiary/aromatic N) is 6. The second-order valence-electron chi connectivity index (χ2n) is 22.6. The van der Waals surface area contributed by atoms with Crippen LogP contribution in [0.2, 0.25) is 0 Å². The largest absolute Gasteiger partial charge is 0.460 e. The van der Waals surface area contributed by atoms with Crippen molar-refractivity contribution in [3.05, 3.63) is 152 Å². The summed E-state index contributed by atoms with van der Waals surface area (Å²) in [4.78, 5) is 65.1. The van der Waals surface area contributed by atoms with Crippen LogP contribution in [0.1, 0.15) is 174 Å². The highest BCUT2D eigenvalue weighted by atomic mass is 19.4. The zero-order valence-electron chi connectivity index (χ0n) is 47.2. The number of imidazole rings is 1. The number of hydrogen-bond acceptors (Lipinski definition) is 9. The number of halogens is 6. The van der Waals surface area contributed by atoms with Crippen molar-refractivity contribution in [3.63, 3.8) is 0 Å². The zero-order chi connectivity index (χ0) is 58.4. The van der Waals surface area contributed by atoms with Crippen molar-refractivity contribution < 1.29 is 55.3 Å². The fourth-order valence-electron chi connectivity index (χ4n) is 10.4. The molecule has 436 valence electrons. The molecule has 19 heteroatoms. The predicted octanol–water partition coefficient (Wildman–Crippen LogP) is 12.4. The summed E-state index contributed by atoms with van der Waals surface area (Å²) < 4.78 is 94.3. The Kier molecular flexibility index (Phi) is 21.8. The van der Waals surface area contributed by atoms with Crippen LogP contribution in [0.5, 0.6) is 0 Å². The van der Waals surface area contributed by atoms with E-state index in [1.807, 2.05) is 0 Å². The molecule has 2 aromatic carbocycles. The van der Waals surface area contributed by atoms with Crippen LogP contribution in [-0.2, 0) is 76.5 Å². The number of alkyl halides is 6. The Morgan fingerprint density at radius 3 is 1.54 bits per heavy atom. The summed E-state index contributed by atoms with van der Waals surface area (Å²) in [6, 6.07) is 16.0. The van der Waals surface area contributed by atoms with Crippen molar-refractivity contribution in [3.8, 4) is 0 Å². The third-order valence-corrected chi connectivity index (χ3v) is 14.1. The van der Waals surface area contributed by atoms with Gasteiger partial charge in [-0.1, -0.05) is 49.2 Å². The number of benzene rings is 2. The number of esters is 2. The van der Waals surface area contributed by atoms with E-state index in [1.165, 1.54) is 92.7 Å². The monoisotopic (exact) mass is 1120 g/mol. The SMILES string of the molecule is CC(C)(C)OC(=O)CC(c1cccc(C(F)(F)F)c1)N1CCN(CCCc2ccc3c(n2)CCCCC3)C1=O.CC(C)(C)OC(=O)CC(c1cccc(C(F)(F)F)c1)n1ccn(CCCc2ccc3c(n2)CCCCC3)c1=O.CO. The number of aromatic nitrogens is 4. The summed E-state index contributed by atoms with van der Waals surface area (Å²) in [5, 5.41) is 7.00. The highest BCUT2D eigenvalue weighted by Gasteiger charge is 2.38. The second-order valence-corrected chi connectivity index (χ2v) is 22.6. The molecule has 3 aliphatic rings. The summed E-state index contributed by atoms with van der Waals surface area (Å²) in [5.74, 6) is -1.16. The van der Waals surface area contributed by atoms with Gasteiger partial charge < -0.3 is 24.4 Å². The molecule has 2 amide bonds. The summed E-state index contributed by atoms with van der Waals surface area (Å²) in [5.41, 5.74) is 3.97. The average Bonchev–Trinajstić information content (AvgIpc) is 3.78. The summed E-state index contributed by atoms with van der Waals surface area (Å²) in [6.07, 6.45) is 7.75. The number of ether oxygens (including phenoxy) is 2. The molecule has 4 heterocycles. The number of amides is 2. The van der Waals surface area contributed by atoms with Gasteiger partial charge in [-0.2, -0.15) is 26.3 Å². The van der Waals surface area contributed by atoms with Gasteiger partial charge in [-0.25, -0.2) is 9.59 Å². The predicted molar refractivity (Wildman–Crippen MR) is 293 cm³/mol. The molecule has 1 aliphatic heterocycles. The molecule has 0 spiro atoms. The highest BCUT2D eigenvalue weighted by molar-refractivity contribution is 5.79. The fourth-order valence-corrected chi connectivity index (χ4v) is 10.4. The Bertz CT molecular complexity index is 2920. The van der Waals surface area contributed by atoms with E-state index in [2.05, 4.69) is 24.3 Å². The van der Waals surface area contributed by atoms with Crippen LogP contribution in [0.3, 0.4) is 0 Å². The van der Waals surface area contributed by atoms with E-state index >= 15 is 0 Å². The maximum Gasteiger partial charge on any atom is 0.416 e. The molecule has 2 aliphatic carbocycles.